The Balaban J connectivity index is 1.63. The molecule has 0 radical (unpaired) electrons. The molecule has 0 fully saturated rings. The first-order valence-electron chi connectivity index (χ1n) is 16.6. The lowest BCUT2D eigenvalue weighted by molar-refractivity contribution is -0.384. The van der Waals surface area contributed by atoms with Crippen LogP contribution in [0.3, 0.4) is 0 Å². The Hall–Kier alpha value is -5.69. The summed E-state index contributed by atoms with van der Waals surface area (Å²) < 4.78 is 39.6. The predicted molar refractivity (Wildman–Crippen MR) is 186 cm³/mol. The van der Waals surface area contributed by atoms with Crippen molar-refractivity contribution in [1.82, 2.24) is 15.5 Å². The number of hydrogen-bond acceptors (Lipinski definition) is 8. The van der Waals surface area contributed by atoms with Crippen molar-refractivity contribution in [1.29, 1.82) is 0 Å². The molecule has 51 heavy (non-hydrogen) atoms. The van der Waals surface area contributed by atoms with Crippen molar-refractivity contribution in [2.75, 3.05) is 19.6 Å². The maximum Gasteiger partial charge on any atom is 0.514 e. The van der Waals surface area contributed by atoms with E-state index in [0.717, 1.165) is 48.7 Å². The molecule has 0 aliphatic carbocycles. The lowest BCUT2D eigenvalue weighted by Crippen LogP contribution is -2.51. The molecule has 0 bridgehead atoms. The molecule has 0 heterocycles. The van der Waals surface area contributed by atoms with Crippen molar-refractivity contribution in [3.05, 3.63) is 141 Å². The summed E-state index contributed by atoms with van der Waals surface area (Å²) in [4.78, 5) is 52.4. The SMILES string of the molecule is CCCN(CCC)C(=O)c1cccc(C(=O)NC(Cc2cc(F)cc(F)c2)C(CNCc2ccccc2)OC(=O)Oc2ccc([N+](=O)[O-])cc2)c1. The normalized spacial score (nSPS) is 12.0. The Bertz CT molecular complexity index is 1760. The van der Waals surface area contributed by atoms with Gasteiger partial charge in [-0.3, -0.25) is 19.7 Å². The van der Waals surface area contributed by atoms with Crippen LogP contribution in [0.5, 0.6) is 5.75 Å². The second-order valence-electron chi connectivity index (χ2n) is 11.8. The first-order valence-corrected chi connectivity index (χ1v) is 16.6. The average molecular weight is 703 g/mol. The zero-order chi connectivity index (χ0) is 36.8. The van der Waals surface area contributed by atoms with E-state index in [1.807, 2.05) is 44.2 Å². The maximum absolute atomic E-state index is 14.3. The Morgan fingerprint density at radius 3 is 2.10 bits per heavy atom. The summed E-state index contributed by atoms with van der Waals surface area (Å²) in [5, 5.41) is 17.1. The molecule has 4 rings (SSSR count). The molecule has 0 saturated carbocycles. The highest BCUT2D eigenvalue weighted by atomic mass is 19.1. The van der Waals surface area contributed by atoms with Crippen LogP contribution in [0, 0.1) is 21.7 Å². The molecule has 0 saturated heterocycles. The van der Waals surface area contributed by atoms with Gasteiger partial charge in [0.15, 0.2) is 0 Å². The van der Waals surface area contributed by atoms with Gasteiger partial charge in [0.25, 0.3) is 17.5 Å². The number of non-ortho nitro benzene ring substituents is 1. The van der Waals surface area contributed by atoms with Crippen molar-refractivity contribution in [2.45, 2.75) is 51.8 Å². The van der Waals surface area contributed by atoms with Gasteiger partial charge in [0.05, 0.1) is 11.0 Å². The number of nitrogens with one attached hydrogen (secondary N) is 2. The van der Waals surface area contributed by atoms with E-state index in [9.17, 15) is 33.3 Å². The predicted octanol–water partition coefficient (Wildman–Crippen LogP) is 6.85. The molecule has 2 amide bonds. The molecule has 13 heteroatoms. The highest BCUT2D eigenvalue weighted by Gasteiger charge is 2.29. The topological polar surface area (TPSA) is 140 Å². The highest BCUT2D eigenvalue weighted by molar-refractivity contribution is 5.99. The van der Waals surface area contributed by atoms with Gasteiger partial charge in [0.1, 0.15) is 23.5 Å². The summed E-state index contributed by atoms with van der Waals surface area (Å²) in [5.74, 6) is -2.54. The van der Waals surface area contributed by atoms with E-state index < -0.39 is 40.8 Å². The number of hydrogen-bond donors (Lipinski definition) is 2. The summed E-state index contributed by atoms with van der Waals surface area (Å²) in [5.41, 5.74) is 1.35. The summed E-state index contributed by atoms with van der Waals surface area (Å²) in [6, 6.07) is 22.2. The fourth-order valence-electron chi connectivity index (χ4n) is 5.44. The van der Waals surface area contributed by atoms with E-state index in [0.29, 0.717) is 25.2 Å². The zero-order valence-electron chi connectivity index (χ0n) is 28.4. The molecule has 11 nitrogen and oxygen atoms in total. The van der Waals surface area contributed by atoms with Gasteiger partial charge in [0.2, 0.25) is 0 Å². The molecule has 2 N–H and O–H groups in total. The monoisotopic (exact) mass is 702 g/mol. The average Bonchev–Trinajstić information content (AvgIpc) is 3.11. The number of carbonyl (C=O) groups excluding carboxylic acids is 3. The number of carbonyl (C=O) groups is 3. The first-order chi connectivity index (χ1) is 24.6. The van der Waals surface area contributed by atoms with Crippen molar-refractivity contribution in [3.63, 3.8) is 0 Å². The second kappa shape index (κ2) is 18.9. The molecule has 0 aliphatic heterocycles. The number of rotatable bonds is 17. The van der Waals surface area contributed by atoms with Crippen molar-refractivity contribution >= 4 is 23.7 Å². The lowest BCUT2D eigenvalue weighted by Gasteiger charge is -2.28. The fraction of sp³-hybridized carbons (Fsp3) is 0.289. The number of nitro benzene ring substituents is 1. The molecule has 0 spiro atoms. The minimum Gasteiger partial charge on any atom is -0.427 e. The number of benzene rings is 4. The molecule has 2 unspecified atom stereocenters. The van der Waals surface area contributed by atoms with Crippen LogP contribution in [0.2, 0.25) is 0 Å². The summed E-state index contributed by atoms with van der Waals surface area (Å²) in [6.07, 6.45) is -0.979. The number of halogens is 2. The standard InChI is InChI=1S/C38H40F2N4O7/c1-3-17-43(18-4-2)37(46)29-12-8-11-28(22-29)36(45)42-34(21-27-19-30(39)23-31(40)20-27)35(25-41-24-26-9-6-5-7-10-26)51-38(47)50-33-15-13-32(14-16-33)44(48)49/h5-16,19-20,22-23,34-35,41H,3-4,17-18,21,24-25H2,1-2H3,(H,42,45). The first kappa shape index (κ1) is 38.1. The van der Waals surface area contributed by atoms with Gasteiger partial charge in [-0.25, -0.2) is 13.6 Å². The minimum absolute atomic E-state index is 0.0314. The van der Waals surface area contributed by atoms with Gasteiger partial charge >= 0.3 is 6.16 Å². The van der Waals surface area contributed by atoms with Crippen molar-refractivity contribution in [3.8, 4) is 5.75 Å². The number of ether oxygens (including phenoxy) is 2. The summed E-state index contributed by atoms with van der Waals surface area (Å²) in [7, 11) is 0. The van der Waals surface area contributed by atoms with Gasteiger partial charge in [0, 0.05) is 55.5 Å². The van der Waals surface area contributed by atoms with Crippen LogP contribution in [0.25, 0.3) is 0 Å². The van der Waals surface area contributed by atoms with Crippen LogP contribution in [0.1, 0.15) is 58.5 Å². The van der Waals surface area contributed by atoms with Gasteiger partial charge < -0.3 is 25.0 Å². The summed E-state index contributed by atoms with van der Waals surface area (Å²) in [6.45, 7) is 5.37. The van der Waals surface area contributed by atoms with Crippen molar-refractivity contribution in [2.24, 2.45) is 0 Å². The maximum atomic E-state index is 14.3. The van der Waals surface area contributed by atoms with Gasteiger partial charge in [-0.2, -0.15) is 0 Å². The van der Waals surface area contributed by atoms with E-state index in [-0.39, 0.29) is 41.4 Å². The number of nitrogens with zero attached hydrogens (tertiary/aromatic N) is 2. The van der Waals surface area contributed by atoms with Crippen LogP contribution >= 0.6 is 0 Å². The third-order valence-electron chi connectivity index (χ3n) is 7.80. The van der Waals surface area contributed by atoms with E-state index in [1.54, 1.807) is 17.0 Å². The molecule has 4 aromatic rings. The van der Waals surface area contributed by atoms with Crippen molar-refractivity contribution < 1.29 is 37.6 Å². The van der Waals surface area contributed by atoms with E-state index in [4.69, 9.17) is 9.47 Å². The third kappa shape index (κ3) is 11.7. The number of amides is 2. The second-order valence-corrected chi connectivity index (χ2v) is 11.8. The Kier molecular flexibility index (Phi) is 14.1. The van der Waals surface area contributed by atoms with Gasteiger partial charge in [-0.1, -0.05) is 50.2 Å². The molecular formula is C38H40F2N4O7. The largest absolute Gasteiger partial charge is 0.514 e. The smallest absolute Gasteiger partial charge is 0.427 e. The quantitative estimate of drug-likeness (QED) is 0.0527. The minimum atomic E-state index is -1.18. The Labute approximate surface area is 294 Å². The number of nitro groups is 1. The van der Waals surface area contributed by atoms with Crippen LogP contribution < -0.4 is 15.4 Å². The highest BCUT2D eigenvalue weighted by Crippen LogP contribution is 2.20. The molecular weight excluding hydrogens is 662 g/mol. The molecule has 4 aromatic carbocycles. The van der Waals surface area contributed by atoms with Crippen LogP contribution in [0.4, 0.5) is 19.3 Å². The van der Waals surface area contributed by atoms with Gasteiger partial charge in [-0.15, -0.1) is 0 Å². The van der Waals surface area contributed by atoms with E-state index in [1.165, 1.54) is 24.3 Å². The Morgan fingerprint density at radius 1 is 0.824 bits per heavy atom. The van der Waals surface area contributed by atoms with E-state index >= 15 is 0 Å². The summed E-state index contributed by atoms with van der Waals surface area (Å²) >= 11 is 0. The lowest BCUT2D eigenvalue weighted by atomic mass is 9.99. The van der Waals surface area contributed by atoms with Gasteiger partial charge in [-0.05, 0) is 72.9 Å². The molecule has 2 atom stereocenters. The van der Waals surface area contributed by atoms with E-state index in [2.05, 4.69) is 10.6 Å². The molecule has 0 aromatic heterocycles. The third-order valence-corrected chi connectivity index (χ3v) is 7.80. The Morgan fingerprint density at radius 2 is 1.47 bits per heavy atom. The molecule has 0 aliphatic rings. The zero-order valence-corrected chi connectivity index (χ0v) is 28.4. The van der Waals surface area contributed by atoms with Crippen LogP contribution in [-0.2, 0) is 17.7 Å². The fourth-order valence-corrected chi connectivity index (χ4v) is 5.44. The van der Waals surface area contributed by atoms with Crippen LogP contribution in [0.15, 0.2) is 97.1 Å². The molecule has 268 valence electrons. The van der Waals surface area contributed by atoms with Crippen LogP contribution in [-0.4, -0.2) is 59.6 Å².